The fraction of sp³-hybridized carbons (Fsp3) is 0.200. The van der Waals surface area contributed by atoms with Crippen molar-refractivity contribution >= 4 is 12.2 Å². The summed E-state index contributed by atoms with van der Waals surface area (Å²) in [5, 5.41) is 12.9. The molecule has 2 aromatic rings. The molecule has 0 spiro atoms. The van der Waals surface area contributed by atoms with Gasteiger partial charge in [0.15, 0.2) is 0 Å². The lowest BCUT2D eigenvalue weighted by Gasteiger charge is -1.96. The van der Waals surface area contributed by atoms with Crippen LogP contribution in [0.15, 0.2) is 35.6 Å². The molecule has 1 aromatic heterocycles. The highest BCUT2D eigenvalue weighted by Crippen LogP contribution is 2.05. The van der Waals surface area contributed by atoms with E-state index in [0.29, 0.717) is 12.4 Å². The minimum Gasteiger partial charge on any atom is -0.395 e. The molecule has 0 saturated heterocycles. The second kappa shape index (κ2) is 6.55. The van der Waals surface area contributed by atoms with Crippen molar-refractivity contribution in [3.05, 3.63) is 47.3 Å². The number of aliphatic hydroxyl groups is 1. The number of nitrogen functional groups attached to an aromatic ring is 1. The SMILES string of the molecule is Cc1cn(N=Cc2ccc(C#CCCO)cc2)c(N)n1. The van der Waals surface area contributed by atoms with E-state index in [1.807, 2.05) is 31.2 Å². The summed E-state index contributed by atoms with van der Waals surface area (Å²) >= 11 is 0. The van der Waals surface area contributed by atoms with E-state index in [4.69, 9.17) is 10.8 Å². The lowest BCUT2D eigenvalue weighted by molar-refractivity contribution is 0.305. The Balaban J connectivity index is 2.08. The number of nitrogens with zero attached hydrogens (tertiary/aromatic N) is 3. The smallest absolute Gasteiger partial charge is 0.221 e. The number of anilines is 1. The molecular weight excluding hydrogens is 252 g/mol. The fourth-order valence-electron chi connectivity index (χ4n) is 1.60. The number of rotatable bonds is 3. The Morgan fingerprint density at radius 1 is 1.40 bits per heavy atom. The Hall–Kier alpha value is -2.58. The van der Waals surface area contributed by atoms with Crippen molar-refractivity contribution in [1.82, 2.24) is 9.66 Å². The molecule has 1 heterocycles. The summed E-state index contributed by atoms with van der Waals surface area (Å²) in [4.78, 5) is 4.07. The highest BCUT2D eigenvalue weighted by atomic mass is 16.2. The van der Waals surface area contributed by atoms with Crippen LogP contribution < -0.4 is 5.73 Å². The Kier molecular flexibility index (Phi) is 4.53. The summed E-state index contributed by atoms with van der Waals surface area (Å²) in [6, 6.07) is 7.67. The Morgan fingerprint density at radius 3 is 2.75 bits per heavy atom. The van der Waals surface area contributed by atoms with Gasteiger partial charge < -0.3 is 10.8 Å². The van der Waals surface area contributed by atoms with Gasteiger partial charge in [0, 0.05) is 12.0 Å². The van der Waals surface area contributed by atoms with Crippen molar-refractivity contribution in [2.45, 2.75) is 13.3 Å². The number of imidazole rings is 1. The third kappa shape index (κ3) is 3.70. The van der Waals surface area contributed by atoms with Crippen LogP contribution >= 0.6 is 0 Å². The first kappa shape index (κ1) is 13.8. The predicted molar refractivity (Wildman–Crippen MR) is 79.4 cm³/mol. The van der Waals surface area contributed by atoms with Gasteiger partial charge in [-0.2, -0.15) is 5.10 Å². The van der Waals surface area contributed by atoms with Crippen LogP contribution in [0, 0.1) is 18.8 Å². The standard InChI is InChI=1S/C15H16N4O/c1-12-11-19(15(16)18-12)17-10-14-7-5-13(6-8-14)4-2-3-9-20/h5-8,10-11,20H,3,9H2,1H3,(H2,16,18). The van der Waals surface area contributed by atoms with E-state index in [0.717, 1.165) is 16.8 Å². The molecule has 0 bridgehead atoms. The molecule has 0 atom stereocenters. The van der Waals surface area contributed by atoms with Crippen LogP contribution in [0.3, 0.4) is 0 Å². The summed E-state index contributed by atoms with van der Waals surface area (Å²) < 4.78 is 1.53. The molecule has 102 valence electrons. The number of aryl methyl sites for hydroxylation is 1. The van der Waals surface area contributed by atoms with Gasteiger partial charge in [-0.05, 0) is 24.6 Å². The maximum absolute atomic E-state index is 8.65. The fourth-order valence-corrected chi connectivity index (χ4v) is 1.60. The summed E-state index contributed by atoms with van der Waals surface area (Å²) in [5.41, 5.74) is 8.38. The summed E-state index contributed by atoms with van der Waals surface area (Å²) in [6.07, 6.45) is 3.96. The van der Waals surface area contributed by atoms with E-state index in [1.165, 1.54) is 4.68 Å². The number of benzene rings is 1. The van der Waals surface area contributed by atoms with Crippen LogP contribution in [0.2, 0.25) is 0 Å². The molecule has 5 nitrogen and oxygen atoms in total. The predicted octanol–water partition coefficient (Wildman–Crippen LogP) is 1.39. The van der Waals surface area contributed by atoms with Crippen LogP contribution in [-0.4, -0.2) is 27.6 Å². The largest absolute Gasteiger partial charge is 0.395 e. The Labute approximate surface area is 117 Å². The molecule has 0 aliphatic carbocycles. The van der Waals surface area contributed by atoms with Gasteiger partial charge in [-0.1, -0.05) is 24.0 Å². The molecular formula is C15H16N4O. The first-order chi connectivity index (χ1) is 9.69. The molecule has 0 aliphatic heterocycles. The zero-order valence-electron chi connectivity index (χ0n) is 11.2. The van der Waals surface area contributed by atoms with Crippen LogP contribution in [0.5, 0.6) is 0 Å². The van der Waals surface area contributed by atoms with Crippen LogP contribution in [0.25, 0.3) is 0 Å². The molecule has 1 aromatic carbocycles. The van der Waals surface area contributed by atoms with Crippen molar-refractivity contribution in [3.63, 3.8) is 0 Å². The minimum atomic E-state index is 0.0868. The first-order valence-corrected chi connectivity index (χ1v) is 6.24. The van der Waals surface area contributed by atoms with Gasteiger partial charge in [0.05, 0.1) is 24.7 Å². The second-order valence-electron chi connectivity index (χ2n) is 4.23. The van der Waals surface area contributed by atoms with E-state index in [2.05, 4.69) is 21.9 Å². The highest BCUT2D eigenvalue weighted by molar-refractivity contribution is 5.79. The first-order valence-electron chi connectivity index (χ1n) is 6.24. The van der Waals surface area contributed by atoms with Gasteiger partial charge in [-0.3, -0.25) is 0 Å². The molecule has 5 heteroatoms. The zero-order valence-corrected chi connectivity index (χ0v) is 11.2. The summed E-state index contributed by atoms with van der Waals surface area (Å²) in [5.74, 6) is 6.21. The van der Waals surface area contributed by atoms with Crippen molar-refractivity contribution < 1.29 is 5.11 Å². The van der Waals surface area contributed by atoms with Gasteiger partial charge in [-0.25, -0.2) is 9.66 Å². The lowest BCUT2D eigenvalue weighted by Crippen LogP contribution is -1.96. The topological polar surface area (TPSA) is 76.4 Å². The maximum Gasteiger partial charge on any atom is 0.221 e. The van der Waals surface area contributed by atoms with Crippen molar-refractivity contribution in [3.8, 4) is 11.8 Å². The van der Waals surface area contributed by atoms with Crippen molar-refractivity contribution in [2.75, 3.05) is 12.3 Å². The van der Waals surface area contributed by atoms with Crippen LogP contribution in [0.1, 0.15) is 23.2 Å². The molecule has 3 N–H and O–H groups in total. The number of hydrogen-bond acceptors (Lipinski definition) is 4. The van der Waals surface area contributed by atoms with E-state index < -0.39 is 0 Å². The van der Waals surface area contributed by atoms with Crippen molar-refractivity contribution in [2.24, 2.45) is 5.10 Å². The molecule has 0 aliphatic rings. The monoisotopic (exact) mass is 268 g/mol. The third-order valence-corrected chi connectivity index (χ3v) is 2.55. The molecule has 2 rings (SSSR count). The van der Waals surface area contributed by atoms with Crippen LogP contribution in [-0.2, 0) is 0 Å². The molecule has 0 fully saturated rings. The van der Waals surface area contributed by atoms with Crippen LogP contribution in [0.4, 0.5) is 5.95 Å². The average Bonchev–Trinajstić information content (AvgIpc) is 2.76. The quantitative estimate of drug-likeness (QED) is 0.652. The number of hydrogen-bond donors (Lipinski definition) is 2. The van der Waals surface area contributed by atoms with Gasteiger partial charge in [-0.15, -0.1) is 0 Å². The van der Waals surface area contributed by atoms with Gasteiger partial charge in [0.2, 0.25) is 5.95 Å². The highest BCUT2D eigenvalue weighted by Gasteiger charge is 1.98. The summed E-state index contributed by atoms with van der Waals surface area (Å²) in [6.45, 7) is 1.95. The number of nitrogens with two attached hydrogens (primary N) is 1. The molecule has 0 unspecified atom stereocenters. The molecule has 20 heavy (non-hydrogen) atoms. The van der Waals surface area contributed by atoms with Gasteiger partial charge >= 0.3 is 0 Å². The second-order valence-corrected chi connectivity index (χ2v) is 4.23. The third-order valence-electron chi connectivity index (χ3n) is 2.55. The van der Waals surface area contributed by atoms with E-state index in [1.54, 1.807) is 12.4 Å². The maximum atomic E-state index is 8.65. The van der Waals surface area contributed by atoms with Gasteiger partial charge in [0.25, 0.3) is 0 Å². The van der Waals surface area contributed by atoms with Crippen molar-refractivity contribution in [1.29, 1.82) is 0 Å². The minimum absolute atomic E-state index is 0.0868. The lowest BCUT2D eigenvalue weighted by atomic mass is 10.1. The Morgan fingerprint density at radius 2 is 2.15 bits per heavy atom. The normalized spacial score (nSPS) is 10.5. The number of aromatic nitrogens is 2. The summed E-state index contributed by atoms with van der Waals surface area (Å²) in [7, 11) is 0. The van der Waals surface area contributed by atoms with E-state index in [-0.39, 0.29) is 6.61 Å². The molecule has 0 amide bonds. The van der Waals surface area contributed by atoms with E-state index >= 15 is 0 Å². The Bertz CT molecular complexity index is 659. The zero-order chi connectivity index (χ0) is 14.4. The average molecular weight is 268 g/mol. The van der Waals surface area contributed by atoms with Gasteiger partial charge in [0.1, 0.15) is 0 Å². The molecule has 0 radical (unpaired) electrons. The number of aliphatic hydroxyl groups excluding tert-OH is 1. The van der Waals surface area contributed by atoms with E-state index in [9.17, 15) is 0 Å². The molecule has 0 saturated carbocycles.